The minimum absolute atomic E-state index is 0.0111. The average molecular weight is 287 g/mol. The summed E-state index contributed by atoms with van der Waals surface area (Å²) in [6, 6.07) is 10.4. The molecular weight excluding hydrogens is 277 g/mol. The molecule has 1 aromatic carbocycles. The number of hydrogen-bond donors (Lipinski definition) is 1. The first-order valence-corrected chi connectivity index (χ1v) is 6.10. The molecule has 21 heavy (non-hydrogen) atoms. The summed E-state index contributed by atoms with van der Waals surface area (Å²) in [4.78, 5) is 15.2. The highest BCUT2D eigenvalue weighted by molar-refractivity contribution is 5.86. The molecule has 0 atom stereocenters. The highest BCUT2D eigenvalue weighted by Gasteiger charge is 2.12. The predicted octanol–water partition coefficient (Wildman–Crippen LogP) is 2.15. The van der Waals surface area contributed by atoms with E-state index in [0.29, 0.717) is 17.2 Å². The molecule has 3 rings (SSSR count). The molecule has 0 amide bonds. The molecule has 0 aliphatic heterocycles. The number of pyridine rings is 1. The maximum atomic E-state index is 13.0. The third-order valence-electron chi connectivity index (χ3n) is 2.79. The molecule has 7 heteroatoms. The number of carboxylic acid groups (broad SMARTS) is 1. The summed E-state index contributed by atoms with van der Waals surface area (Å²) in [6.07, 6.45) is 0. The van der Waals surface area contributed by atoms with E-state index in [2.05, 4.69) is 10.1 Å². The average Bonchev–Trinajstić information content (AvgIpc) is 2.87. The van der Waals surface area contributed by atoms with Crippen molar-refractivity contribution in [1.29, 1.82) is 0 Å². The molecular formula is C14H10FN3O3. The van der Waals surface area contributed by atoms with Crippen LogP contribution in [0.25, 0.3) is 5.65 Å². The molecule has 0 aliphatic carbocycles. The Labute approximate surface area is 118 Å². The van der Waals surface area contributed by atoms with Crippen LogP contribution >= 0.6 is 0 Å². The molecule has 0 spiro atoms. The van der Waals surface area contributed by atoms with E-state index < -0.39 is 11.8 Å². The van der Waals surface area contributed by atoms with E-state index in [4.69, 9.17) is 9.84 Å². The number of fused-ring (bicyclic) bond motifs is 1. The Balaban J connectivity index is 1.85. The second-order valence-corrected chi connectivity index (χ2v) is 4.26. The number of halogens is 1. The summed E-state index contributed by atoms with van der Waals surface area (Å²) >= 11 is 0. The van der Waals surface area contributed by atoms with Gasteiger partial charge in [0.2, 0.25) is 0 Å². The number of aromatic carboxylic acids is 1. The van der Waals surface area contributed by atoms with Gasteiger partial charge in [0.15, 0.2) is 17.2 Å². The van der Waals surface area contributed by atoms with Crippen LogP contribution in [-0.4, -0.2) is 25.7 Å². The van der Waals surface area contributed by atoms with Crippen molar-refractivity contribution in [3.05, 3.63) is 59.8 Å². The molecule has 0 bridgehead atoms. The summed E-state index contributed by atoms with van der Waals surface area (Å²) in [5, 5.41) is 13.1. The van der Waals surface area contributed by atoms with E-state index in [1.165, 1.54) is 28.8 Å². The molecule has 0 unspecified atom stereocenters. The molecule has 1 N–H and O–H groups in total. The Morgan fingerprint density at radius 1 is 1.29 bits per heavy atom. The second-order valence-electron chi connectivity index (χ2n) is 4.26. The van der Waals surface area contributed by atoms with Crippen LogP contribution in [0.1, 0.15) is 16.3 Å². The topological polar surface area (TPSA) is 76.7 Å². The quantitative estimate of drug-likeness (QED) is 0.795. The fraction of sp³-hybridized carbons (Fsp3) is 0.0714. The lowest BCUT2D eigenvalue weighted by atomic mass is 10.3. The molecule has 0 saturated heterocycles. The zero-order chi connectivity index (χ0) is 14.8. The number of ether oxygens (including phenoxy) is 1. The molecule has 2 heterocycles. The van der Waals surface area contributed by atoms with Gasteiger partial charge in [-0.1, -0.05) is 12.1 Å². The first-order chi connectivity index (χ1) is 10.1. The van der Waals surface area contributed by atoms with Crippen LogP contribution in [0.3, 0.4) is 0 Å². The summed E-state index contributed by atoms with van der Waals surface area (Å²) in [5.74, 6) is -0.827. The summed E-state index contributed by atoms with van der Waals surface area (Å²) < 4.78 is 19.6. The Hall–Kier alpha value is -2.96. The van der Waals surface area contributed by atoms with Gasteiger partial charge >= 0.3 is 5.97 Å². The van der Waals surface area contributed by atoms with Crippen molar-refractivity contribution in [3.8, 4) is 5.75 Å². The van der Waals surface area contributed by atoms with Crippen molar-refractivity contribution in [2.24, 2.45) is 0 Å². The van der Waals surface area contributed by atoms with Crippen LogP contribution in [0.2, 0.25) is 0 Å². The van der Waals surface area contributed by atoms with Gasteiger partial charge in [-0.25, -0.2) is 18.7 Å². The Kier molecular flexibility index (Phi) is 3.23. The van der Waals surface area contributed by atoms with Gasteiger partial charge in [-0.05, 0) is 24.3 Å². The number of hydrogen-bond acceptors (Lipinski definition) is 4. The van der Waals surface area contributed by atoms with Gasteiger partial charge in [0.25, 0.3) is 0 Å². The van der Waals surface area contributed by atoms with E-state index in [1.54, 1.807) is 18.2 Å². The molecule has 6 nitrogen and oxygen atoms in total. The number of carboxylic acids is 1. The van der Waals surface area contributed by atoms with E-state index in [9.17, 15) is 9.18 Å². The van der Waals surface area contributed by atoms with Gasteiger partial charge < -0.3 is 9.84 Å². The highest BCUT2D eigenvalue weighted by Crippen LogP contribution is 2.14. The third kappa shape index (κ3) is 2.66. The molecule has 2 aromatic heterocycles. The van der Waals surface area contributed by atoms with E-state index in [-0.39, 0.29) is 12.3 Å². The van der Waals surface area contributed by atoms with Crippen molar-refractivity contribution < 1.29 is 19.0 Å². The van der Waals surface area contributed by atoms with Gasteiger partial charge in [0, 0.05) is 6.07 Å². The molecule has 3 aromatic rings. The monoisotopic (exact) mass is 287 g/mol. The normalized spacial score (nSPS) is 10.7. The number of nitrogens with zero attached hydrogens (tertiary/aromatic N) is 3. The van der Waals surface area contributed by atoms with Crippen molar-refractivity contribution in [1.82, 2.24) is 14.6 Å². The minimum atomic E-state index is -1.09. The Morgan fingerprint density at radius 2 is 2.10 bits per heavy atom. The zero-order valence-corrected chi connectivity index (χ0v) is 10.7. The molecule has 0 fully saturated rings. The van der Waals surface area contributed by atoms with Gasteiger partial charge in [0.1, 0.15) is 18.2 Å². The maximum absolute atomic E-state index is 13.0. The van der Waals surface area contributed by atoms with E-state index in [0.717, 1.165) is 0 Å². The van der Waals surface area contributed by atoms with Crippen LogP contribution in [0.5, 0.6) is 5.75 Å². The Morgan fingerprint density at radius 3 is 2.86 bits per heavy atom. The lowest BCUT2D eigenvalue weighted by molar-refractivity contribution is 0.0687. The summed E-state index contributed by atoms with van der Waals surface area (Å²) in [6.45, 7) is 0.0180. The smallest absolute Gasteiger partial charge is 0.354 e. The van der Waals surface area contributed by atoms with Crippen LogP contribution in [0.15, 0.2) is 42.5 Å². The highest BCUT2D eigenvalue weighted by atomic mass is 19.1. The van der Waals surface area contributed by atoms with E-state index in [1.807, 2.05) is 0 Å². The molecule has 0 radical (unpaired) electrons. The van der Waals surface area contributed by atoms with Crippen molar-refractivity contribution >= 4 is 11.6 Å². The van der Waals surface area contributed by atoms with Crippen LogP contribution in [-0.2, 0) is 6.61 Å². The van der Waals surface area contributed by atoms with E-state index >= 15 is 0 Å². The number of carbonyl (C=O) groups is 1. The molecule has 106 valence electrons. The minimum Gasteiger partial charge on any atom is -0.485 e. The van der Waals surface area contributed by atoms with Crippen molar-refractivity contribution in [2.75, 3.05) is 0 Å². The molecule has 0 saturated carbocycles. The number of benzene rings is 1. The summed E-state index contributed by atoms with van der Waals surface area (Å²) in [7, 11) is 0. The second kappa shape index (κ2) is 5.20. The van der Waals surface area contributed by atoms with Crippen molar-refractivity contribution in [3.63, 3.8) is 0 Å². The predicted molar refractivity (Wildman–Crippen MR) is 70.7 cm³/mol. The van der Waals surface area contributed by atoms with Gasteiger partial charge in [-0.2, -0.15) is 0 Å². The number of rotatable bonds is 4. The first kappa shape index (κ1) is 13.0. The SMILES string of the molecule is O=C(O)c1cccc2nc(COc3cccc(F)c3)nn12. The summed E-state index contributed by atoms with van der Waals surface area (Å²) in [5.41, 5.74) is 0.421. The van der Waals surface area contributed by atoms with Gasteiger partial charge in [-0.15, -0.1) is 5.10 Å². The van der Waals surface area contributed by atoms with Crippen LogP contribution in [0, 0.1) is 5.82 Å². The lowest BCUT2D eigenvalue weighted by Gasteiger charge is -2.02. The van der Waals surface area contributed by atoms with Gasteiger partial charge in [0.05, 0.1) is 0 Å². The molecule has 0 aliphatic rings. The van der Waals surface area contributed by atoms with Crippen molar-refractivity contribution in [2.45, 2.75) is 6.61 Å². The van der Waals surface area contributed by atoms with Gasteiger partial charge in [-0.3, -0.25) is 0 Å². The Bertz CT molecular complexity index is 816. The standard InChI is InChI=1S/C14H10FN3O3/c15-9-3-1-4-10(7-9)21-8-12-16-13-6-2-5-11(14(19)20)18(13)17-12/h1-7H,8H2,(H,19,20). The maximum Gasteiger partial charge on any atom is 0.354 e. The van der Waals surface area contributed by atoms with Crippen LogP contribution < -0.4 is 4.74 Å². The largest absolute Gasteiger partial charge is 0.485 e. The third-order valence-corrected chi connectivity index (χ3v) is 2.79. The zero-order valence-electron chi connectivity index (χ0n) is 10.7. The number of aromatic nitrogens is 3. The fourth-order valence-electron chi connectivity index (χ4n) is 1.88. The van der Waals surface area contributed by atoms with Crippen LogP contribution in [0.4, 0.5) is 4.39 Å². The fourth-order valence-corrected chi connectivity index (χ4v) is 1.88. The lowest BCUT2D eigenvalue weighted by Crippen LogP contribution is -2.06. The first-order valence-electron chi connectivity index (χ1n) is 6.10.